The molecular formula is C14H9N3. The van der Waals surface area contributed by atoms with Crippen molar-refractivity contribution in [1.82, 2.24) is 15.0 Å². The van der Waals surface area contributed by atoms with Crippen molar-refractivity contribution in [3.63, 3.8) is 0 Å². The number of rotatable bonds is 0. The second kappa shape index (κ2) is 3.10. The Bertz CT molecular complexity index is 729. The fraction of sp³-hybridized carbons (Fsp3) is 0.0714. The summed E-state index contributed by atoms with van der Waals surface area (Å²) in [6, 6.07) is 4.14. The minimum absolute atomic E-state index is 0.930. The molecule has 3 aromatic heterocycles. The van der Waals surface area contributed by atoms with E-state index in [4.69, 9.17) is 0 Å². The van der Waals surface area contributed by atoms with Gasteiger partial charge in [0, 0.05) is 42.2 Å². The molecule has 3 nitrogen and oxygen atoms in total. The van der Waals surface area contributed by atoms with E-state index in [1.807, 2.05) is 31.0 Å². The first-order valence-corrected chi connectivity index (χ1v) is 5.58. The van der Waals surface area contributed by atoms with E-state index in [1.54, 1.807) is 0 Å². The topological polar surface area (TPSA) is 38.7 Å². The van der Waals surface area contributed by atoms with Gasteiger partial charge in [-0.15, -0.1) is 0 Å². The summed E-state index contributed by atoms with van der Waals surface area (Å²) in [5.41, 5.74) is 5.96. The van der Waals surface area contributed by atoms with Gasteiger partial charge in [0.25, 0.3) is 0 Å². The highest BCUT2D eigenvalue weighted by Crippen LogP contribution is 2.37. The Hall–Kier alpha value is -2.29. The zero-order chi connectivity index (χ0) is 11.2. The minimum Gasteiger partial charge on any atom is -0.264 e. The number of nitrogens with zero attached hydrogens (tertiary/aromatic N) is 3. The van der Waals surface area contributed by atoms with E-state index in [0.717, 1.165) is 11.9 Å². The van der Waals surface area contributed by atoms with Gasteiger partial charge in [-0.25, -0.2) is 0 Å². The lowest BCUT2D eigenvalue weighted by atomic mass is 9.87. The van der Waals surface area contributed by atoms with Crippen molar-refractivity contribution in [2.45, 2.75) is 6.42 Å². The molecule has 1 aliphatic carbocycles. The van der Waals surface area contributed by atoms with Crippen LogP contribution in [-0.4, -0.2) is 15.0 Å². The standard InChI is InChI=1S/C14H9N3/c1-4-17-13-8-16-7-12-11-2-3-15-6-10(11)5-9(1)14(12)13/h1-4,6-8H,5H2. The van der Waals surface area contributed by atoms with Crippen LogP contribution in [0.4, 0.5) is 0 Å². The summed E-state index contributed by atoms with van der Waals surface area (Å²) in [5.74, 6) is 0. The normalized spacial score (nSPS) is 12.5. The Morgan fingerprint density at radius 1 is 0.824 bits per heavy atom. The van der Waals surface area contributed by atoms with Crippen LogP contribution in [0.1, 0.15) is 11.1 Å². The molecule has 80 valence electrons. The van der Waals surface area contributed by atoms with E-state index in [2.05, 4.69) is 27.1 Å². The van der Waals surface area contributed by atoms with Crippen molar-refractivity contribution in [1.29, 1.82) is 0 Å². The highest BCUT2D eigenvalue weighted by atomic mass is 14.7. The Kier molecular flexibility index (Phi) is 1.61. The molecule has 3 aromatic rings. The van der Waals surface area contributed by atoms with Crippen LogP contribution in [0, 0.1) is 0 Å². The summed E-state index contributed by atoms with van der Waals surface area (Å²) in [6.45, 7) is 0. The molecule has 0 bridgehead atoms. The average Bonchev–Trinajstić information content (AvgIpc) is 2.39. The predicted molar refractivity (Wildman–Crippen MR) is 65.6 cm³/mol. The second-order valence-electron chi connectivity index (χ2n) is 4.26. The van der Waals surface area contributed by atoms with Crippen LogP contribution in [0.15, 0.2) is 43.1 Å². The molecule has 4 rings (SSSR count). The van der Waals surface area contributed by atoms with Gasteiger partial charge in [0.15, 0.2) is 0 Å². The average molecular weight is 219 g/mol. The summed E-state index contributed by atoms with van der Waals surface area (Å²) in [4.78, 5) is 12.9. The zero-order valence-corrected chi connectivity index (χ0v) is 9.09. The lowest BCUT2D eigenvalue weighted by molar-refractivity contribution is 1.13. The van der Waals surface area contributed by atoms with Crippen molar-refractivity contribution < 1.29 is 0 Å². The first kappa shape index (κ1) is 8.82. The van der Waals surface area contributed by atoms with E-state index < -0.39 is 0 Å². The van der Waals surface area contributed by atoms with Crippen LogP contribution in [0.5, 0.6) is 0 Å². The predicted octanol–water partition coefficient (Wildman–Crippen LogP) is 2.60. The van der Waals surface area contributed by atoms with Crippen LogP contribution in [-0.2, 0) is 6.42 Å². The van der Waals surface area contributed by atoms with E-state index in [1.165, 1.54) is 27.6 Å². The third kappa shape index (κ3) is 1.13. The molecule has 0 saturated carbocycles. The Labute approximate surface area is 98.2 Å². The fourth-order valence-electron chi connectivity index (χ4n) is 2.56. The van der Waals surface area contributed by atoms with E-state index in [-0.39, 0.29) is 0 Å². The summed E-state index contributed by atoms with van der Waals surface area (Å²) in [5, 5.41) is 1.24. The number of pyridine rings is 3. The molecule has 3 heteroatoms. The third-order valence-corrected chi connectivity index (χ3v) is 3.31. The largest absolute Gasteiger partial charge is 0.264 e. The van der Waals surface area contributed by atoms with Crippen LogP contribution in [0.2, 0.25) is 0 Å². The van der Waals surface area contributed by atoms with Gasteiger partial charge in [-0.3, -0.25) is 15.0 Å². The molecule has 0 spiro atoms. The first-order valence-electron chi connectivity index (χ1n) is 5.58. The number of hydrogen-bond donors (Lipinski definition) is 0. The third-order valence-electron chi connectivity index (χ3n) is 3.31. The monoisotopic (exact) mass is 219 g/mol. The van der Waals surface area contributed by atoms with Crippen molar-refractivity contribution >= 4 is 10.9 Å². The summed E-state index contributed by atoms with van der Waals surface area (Å²) in [6.07, 6.45) is 10.3. The number of aromatic nitrogens is 3. The van der Waals surface area contributed by atoms with Crippen molar-refractivity contribution in [2.75, 3.05) is 0 Å². The summed E-state index contributed by atoms with van der Waals surface area (Å²) < 4.78 is 0. The number of fused-ring (bicyclic) bond motifs is 2. The Morgan fingerprint density at radius 2 is 1.82 bits per heavy atom. The first-order chi connectivity index (χ1) is 8.43. The lowest BCUT2D eigenvalue weighted by Gasteiger charge is -2.18. The van der Waals surface area contributed by atoms with Gasteiger partial charge in [-0.2, -0.15) is 0 Å². The van der Waals surface area contributed by atoms with Gasteiger partial charge in [0.05, 0.1) is 11.7 Å². The molecule has 0 fully saturated rings. The molecular weight excluding hydrogens is 210 g/mol. The van der Waals surface area contributed by atoms with Gasteiger partial charge in [-0.1, -0.05) is 0 Å². The van der Waals surface area contributed by atoms with Crippen molar-refractivity contribution in [3.8, 4) is 11.1 Å². The minimum atomic E-state index is 0.930. The van der Waals surface area contributed by atoms with E-state index in [0.29, 0.717) is 0 Å². The van der Waals surface area contributed by atoms with Gasteiger partial charge < -0.3 is 0 Å². The fourth-order valence-corrected chi connectivity index (χ4v) is 2.56. The highest BCUT2D eigenvalue weighted by molar-refractivity contribution is 5.98. The molecule has 0 amide bonds. The van der Waals surface area contributed by atoms with Crippen LogP contribution in [0.3, 0.4) is 0 Å². The van der Waals surface area contributed by atoms with Crippen molar-refractivity contribution in [3.05, 3.63) is 54.2 Å². The van der Waals surface area contributed by atoms with Crippen LogP contribution < -0.4 is 0 Å². The van der Waals surface area contributed by atoms with Crippen LogP contribution in [0.25, 0.3) is 22.0 Å². The van der Waals surface area contributed by atoms with Gasteiger partial charge >= 0.3 is 0 Å². The lowest BCUT2D eigenvalue weighted by Crippen LogP contribution is -2.02. The molecule has 0 atom stereocenters. The molecule has 0 aliphatic heterocycles. The SMILES string of the molecule is c1cc2c(cn1)Cc1ccnc3cncc-2c13. The van der Waals surface area contributed by atoms with E-state index in [9.17, 15) is 0 Å². The van der Waals surface area contributed by atoms with Crippen molar-refractivity contribution in [2.24, 2.45) is 0 Å². The summed E-state index contributed by atoms with van der Waals surface area (Å²) >= 11 is 0. The maximum Gasteiger partial charge on any atom is 0.0894 e. The van der Waals surface area contributed by atoms with E-state index >= 15 is 0 Å². The Balaban J connectivity index is 2.22. The molecule has 0 N–H and O–H groups in total. The van der Waals surface area contributed by atoms with Gasteiger partial charge in [-0.05, 0) is 28.8 Å². The molecule has 17 heavy (non-hydrogen) atoms. The van der Waals surface area contributed by atoms with Crippen LogP contribution >= 0.6 is 0 Å². The highest BCUT2D eigenvalue weighted by Gasteiger charge is 2.18. The molecule has 3 heterocycles. The maximum atomic E-state index is 4.38. The molecule has 1 aliphatic rings. The molecule has 0 aromatic carbocycles. The van der Waals surface area contributed by atoms with Gasteiger partial charge in [0.2, 0.25) is 0 Å². The molecule has 0 unspecified atom stereocenters. The maximum absolute atomic E-state index is 4.38. The smallest absolute Gasteiger partial charge is 0.0894 e. The second-order valence-corrected chi connectivity index (χ2v) is 4.26. The van der Waals surface area contributed by atoms with Gasteiger partial charge in [0.1, 0.15) is 0 Å². The molecule has 0 radical (unpaired) electrons. The zero-order valence-electron chi connectivity index (χ0n) is 9.09. The summed E-state index contributed by atoms with van der Waals surface area (Å²) in [7, 11) is 0. The molecule has 0 saturated heterocycles. The number of hydrogen-bond acceptors (Lipinski definition) is 3. The Morgan fingerprint density at radius 3 is 2.82 bits per heavy atom. The quantitative estimate of drug-likeness (QED) is 0.456.